The average molecular weight is 357 g/mol. The second-order valence-electron chi connectivity index (χ2n) is 5.98. The van der Waals surface area contributed by atoms with E-state index in [0.29, 0.717) is 13.2 Å². The Morgan fingerprint density at radius 2 is 0.923 bits per heavy atom. The SMILES string of the molecule is CCN(CC)c1ccccc1OCCOc1ccccc1N(CC)CC. The molecule has 0 spiro atoms. The molecular formula is C22H32N2O2. The van der Waals surface area contributed by atoms with Crippen LogP contribution in [0.2, 0.25) is 0 Å². The van der Waals surface area contributed by atoms with E-state index < -0.39 is 0 Å². The number of anilines is 2. The van der Waals surface area contributed by atoms with Gasteiger partial charge in [0.05, 0.1) is 11.4 Å². The third-order valence-electron chi connectivity index (χ3n) is 4.54. The molecule has 2 rings (SSSR count). The number of rotatable bonds is 11. The number of benzene rings is 2. The molecule has 0 aliphatic rings. The Morgan fingerprint density at radius 1 is 0.577 bits per heavy atom. The fourth-order valence-corrected chi connectivity index (χ4v) is 3.11. The molecule has 0 heterocycles. The van der Waals surface area contributed by atoms with Gasteiger partial charge in [0, 0.05) is 26.2 Å². The van der Waals surface area contributed by atoms with Crippen molar-refractivity contribution in [3.63, 3.8) is 0 Å². The summed E-state index contributed by atoms with van der Waals surface area (Å²) in [7, 11) is 0. The average Bonchev–Trinajstić information content (AvgIpc) is 2.69. The zero-order chi connectivity index (χ0) is 18.8. The first kappa shape index (κ1) is 20.0. The van der Waals surface area contributed by atoms with E-state index in [-0.39, 0.29) is 0 Å². The summed E-state index contributed by atoms with van der Waals surface area (Å²) in [5, 5.41) is 0. The quantitative estimate of drug-likeness (QED) is 0.538. The third-order valence-corrected chi connectivity index (χ3v) is 4.54. The van der Waals surface area contributed by atoms with Crippen LogP contribution >= 0.6 is 0 Å². The highest BCUT2D eigenvalue weighted by atomic mass is 16.5. The number of hydrogen-bond acceptors (Lipinski definition) is 4. The fourth-order valence-electron chi connectivity index (χ4n) is 3.11. The lowest BCUT2D eigenvalue weighted by Crippen LogP contribution is -2.23. The van der Waals surface area contributed by atoms with Crippen LogP contribution in [0.25, 0.3) is 0 Å². The van der Waals surface area contributed by atoms with Gasteiger partial charge in [-0.1, -0.05) is 24.3 Å². The molecule has 0 aliphatic heterocycles. The van der Waals surface area contributed by atoms with E-state index in [1.54, 1.807) is 0 Å². The fraction of sp³-hybridized carbons (Fsp3) is 0.455. The van der Waals surface area contributed by atoms with Gasteiger partial charge in [-0.2, -0.15) is 0 Å². The number of nitrogens with zero attached hydrogens (tertiary/aromatic N) is 2. The van der Waals surface area contributed by atoms with Gasteiger partial charge in [0.1, 0.15) is 24.7 Å². The molecule has 0 bridgehead atoms. The summed E-state index contributed by atoms with van der Waals surface area (Å²) in [6.45, 7) is 13.5. The maximum atomic E-state index is 6.02. The minimum atomic E-state index is 0.519. The van der Waals surface area contributed by atoms with Crippen molar-refractivity contribution in [1.82, 2.24) is 0 Å². The predicted molar refractivity (Wildman–Crippen MR) is 111 cm³/mol. The molecule has 2 aromatic rings. The molecule has 0 radical (unpaired) electrons. The van der Waals surface area contributed by atoms with Crippen LogP contribution in [-0.4, -0.2) is 39.4 Å². The Labute approximate surface area is 158 Å². The minimum Gasteiger partial charge on any atom is -0.488 e. The first-order valence-corrected chi connectivity index (χ1v) is 9.68. The summed E-state index contributed by atoms with van der Waals surface area (Å²) in [4.78, 5) is 4.59. The first-order chi connectivity index (χ1) is 12.7. The van der Waals surface area contributed by atoms with Crippen LogP contribution in [0.4, 0.5) is 11.4 Å². The molecule has 0 unspecified atom stereocenters. The van der Waals surface area contributed by atoms with Crippen LogP contribution in [0, 0.1) is 0 Å². The number of ether oxygens (including phenoxy) is 2. The predicted octanol–water partition coefficient (Wildman–Crippen LogP) is 4.84. The van der Waals surface area contributed by atoms with Crippen LogP contribution in [0.1, 0.15) is 27.7 Å². The molecule has 0 aromatic heterocycles. The highest BCUT2D eigenvalue weighted by molar-refractivity contribution is 5.59. The summed E-state index contributed by atoms with van der Waals surface area (Å²) in [6, 6.07) is 16.4. The van der Waals surface area contributed by atoms with Crippen molar-refractivity contribution in [2.24, 2.45) is 0 Å². The number of hydrogen-bond donors (Lipinski definition) is 0. The van der Waals surface area contributed by atoms with Crippen LogP contribution in [-0.2, 0) is 0 Å². The molecule has 0 fully saturated rings. The van der Waals surface area contributed by atoms with Crippen molar-refractivity contribution >= 4 is 11.4 Å². The van der Waals surface area contributed by atoms with E-state index in [1.807, 2.05) is 24.3 Å². The van der Waals surface area contributed by atoms with Gasteiger partial charge >= 0.3 is 0 Å². The first-order valence-electron chi connectivity index (χ1n) is 9.68. The van der Waals surface area contributed by atoms with Crippen molar-refractivity contribution in [3.8, 4) is 11.5 Å². The van der Waals surface area contributed by atoms with E-state index >= 15 is 0 Å². The standard InChI is InChI=1S/C22H32N2O2/c1-5-23(6-2)19-13-9-11-15-21(19)25-17-18-26-22-16-12-10-14-20(22)24(7-3)8-4/h9-16H,5-8,17-18H2,1-4H3. The summed E-state index contributed by atoms with van der Waals surface area (Å²) >= 11 is 0. The maximum absolute atomic E-state index is 6.02. The molecule has 0 saturated heterocycles. The van der Waals surface area contributed by atoms with Gasteiger partial charge in [0.25, 0.3) is 0 Å². The van der Waals surface area contributed by atoms with E-state index in [1.165, 1.54) is 0 Å². The lowest BCUT2D eigenvalue weighted by atomic mass is 10.2. The summed E-state index contributed by atoms with van der Waals surface area (Å²) in [5.74, 6) is 1.83. The van der Waals surface area contributed by atoms with Gasteiger partial charge in [0.15, 0.2) is 0 Å². The van der Waals surface area contributed by atoms with Crippen LogP contribution in [0.3, 0.4) is 0 Å². The molecule has 0 amide bonds. The zero-order valence-electron chi connectivity index (χ0n) is 16.6. The van der Waals surface area contributed by atoms with Gasteiger partial charge in [-0.05, 0) is 52.0 Å². The molecule has 26 heavy (non-hydrogen) atoms. The monoisotopic (exact) mass is 356 g/mol. The largest absolute Gasteiger partial charge is 0.488 e. The smallest absolute Gasteiger partial charge is 0.142 e. The lowest BCUT2D eigenvalue weighted by Gasteiger charge is -2.25. The molecule has 0 N–H and O–H groups in total. The van der Waals surface area contributed by atoms with Crippen LogP contribution in [0.5, 0.6) is 11.5 Å². The summed E-state index contributed by atoms with van der Waals surface area (Å²) < 4.78 is 12.0. The Bertz CT molecular complexity index is 595. The van der Waals surface area contributed by atoms with Crippen molar-refractivity contribution in [2.75, 3.05) is 49.2 Å². The van der Waals surface area contributed by atoms with Gasteiger partial charge in [0.2, 0.25) is 0 Å². The molecule has 4 nitrogen and oxygen atoms in total. The maximum Gasteiger partial charge on any atom is 0.142 e. The topological polar surface area (TPSA) is 24.9 Å². The number of para-hydroxylation sites is 4. The zero-order valence-corrected chi connectivity index (χ0v) is 16.6. The highest BCUT2D eigenvalue weighted by Crippen LogP contribution is 2.29. The highest BCUT2D eigenvalue weighted by Gasteiger charge is 2.10. The van der Waals surface area contributed by atoms with Gasteiger partial charge < -0.3 is 19.3 Å². The van der Waals surface area contributed by atoms with Gasteiger partial charge in [-0.25, -0.2) is 0 Å². The van der Waals surface area contributed by atoms with E-state index in [0.717, 1.165) is 49.1 Å². The van der Waals surface area contributed by atoms with Crippen molar-refractivity contribution in [1.29, 1.82) is 0 Å². The molecule has 0 saturated carbocycles. The normalized spacial score (nSPS) is 10.5. The molecular weight excluding hydrogens is 324 g/mol. The third kappa shape index (κ3) is 5.07. The molecule has 4 heteroatoms. The van der Waals surface area contributed by atoms with Crippen molar-refractivity contribution in [2.45, 2.75) is 27.7 Å². The van der Waals surface area contributed by atoms with E-state index in [2.05, 4.69) is 61.8 Å². The summed E-state index contributed by atoms with van der Waals surface area (Å²) in [5.41, 5.74) is 2.28. The van der Waals surface area contributed by atoms with Gasteiger partial charge in [-0.3, -0.25) is 0 Å². The Morgan fingerprint density at radius 3 is 1.27 bits per heavy atom. The van der Waals surface area contributed by atoms with Crippen molar-refractivity contribution < 1.29 is 9.47 Å². The molecule has 0 atom stereocenters. The van der Waals surface area contributed by atoms with E-state index in [9.17, 15) is 0 Å². The van der Waals surface area contributed by atoms with Crippen LogP contribution in [0.15, 0.2) is 48.5 Å². The lowest BCUT2D eigenvalue weighted by molar-refractivity contribution is 0.217. The van der Waals surface area contributed by atoms with Gasteiger partial charge in [-0.15, -0.1) is 0 Å². The Balaban J connectivity index is 1.96. The van der Waals surface area contributed by atoms with E-state index in [4.69, 9.17) is 9.47 Å². The summed E-state index contributed by atoms with van der Waals surface area (Å²) in [6.07, 6.45) is 0. The van der Waals surface area contributed by atoms with Crippen LogP contribution < -0.4 is 19.3 Å². The Hall–Kier alpha value is -2.36. The Kier molecular flexibility index (Phi) is 8.13. The second kappa shape index (κ2) is 10.6. The molecule has 0 aliphatic carbocycles. The minimum absolute atomic E-state index is 0.519. The van der Waals surface area contributed by atoms with Crippen molar-refractivity contribution in [3.05, 3.63) is 48.5 Å². The molecule has 142 valence electrons. The molecule has 2 aromatic carbocycles. The second-order valence-corrected chi connectivity index (χ2v) is 5.98.